The number of methoxy groups -OCH3 is 3. The van der Waals surface area contributed by atoms with Crippen LogP contribution in [0.4, 0.5) is 0 Å². The number of nitrogens with one attached hydrogen (secondary N) is 4. The normalized spacial score (nSPS) is 49.6. The minimum atomic E-state index is -2.60. The predicted molar refractivity (Wildman–Crippen MR) is 448 cm³/mol. The summed E-state index contributed by atoms with van der Waals surface area (Å²) in [5.41, 5.74) is 0. The van der Waals surface area contributed by atoms with E-state index in [1.165, 1.54) is 6.92 Å². The summed E-state index contributed by atoms with van der Waals surface area (Å²) in [5.74, 6) is -3.98. The van der Waals surface area contributed by atoms with Crippen molar-refractivity contribution in [3.8, 4) is 0 Å². The first-order chi connectivity index (χ1) is 68.7. The zero-order valence-corrected chi connectivity index (χ0v) is 79.1. The molecule has 1 unspecified atom stereocenters. The lowest BCUT2D eigenvalue weighted by Crippen LogP contribution is -2.72. The second-order valence-corrected chi connectivity index (χ2v) is 36.9. The molecular formula is C82H138N4O59. The third kappa shape index (κ3) is 26.7. The van der Waals surface area contributed by atoms with Gasteiger partial charge in [0.25, 0.3) is 0 Å². The van der Waals surface area contributed by atoms with E-state index >= 15 is 0 Å². The summed E-state index contributed by atoms with van der Waals surface area (Å²) in [6, 6.07) is -8.12. The van der Waals surface area contributed by atoms with Gasteiger partial charge in [0.1, 0.15) is 281 Å². The van der Waals surface area contributed by atoms with Gasteiger partial charge < -0.3 is 293 Å². The molecule has 0 spiro atoms. The van der Waals surface area contributed by atoms with Crippen LogP contribution in [0.25, 0.3) is 0 Å². The van der Waals surface area contributed by atoms with E-state index in [-0.39, 0.29) is 0 Å². The van der Waals surface area contributed by atoms with E-state index in [0.717, 1.165) is 49.0 Å². The molecule has 63 heteroatoms. The number of carbonyl (C=O) groups is 4. The van der Waals surface area contributed by atoms with Gasteiger partial charge in [0.05, 0.1) is 78.8 Å². The van der Waals surface area contributed by atoms with Gasteiger partial charge in [-0.3, -0.25) is 19.2 Å². The van der Waals surface area contributed by atoms with Gasteiger partial charge in [-0.15, -0.1) is 0 Å². The molecule has 12 aliphatic heterocycles. The second-order valence-electron chi connectivity index (χ2n) is 36.9. The molecule has 63 nitrogen and oxygen atoms in total. The molecule has 0 aromatic rings. The van der Waals surface area contributed by atoms with Crippen LogP contribution in [-0.2, 0) is 142 Å². The van der Waals surface area contributed by atoms with Gasteiger partial charge in [-0.2, -0.15) is 0 Å². The molecule has 12 aliphatic rings. The molecule has 33 N–H and O–H groups in total. The standard InChI is InChI=1S/C82H138N4O59/c1-20-40(98)52(110)56(114)75(128-20)127-19-35-63(49(107)36(71(119)129-35)83-21(2)93)140-72-37(84-22(3)94)51(109)62(31(14-92)134-72)141-82-70(145-77-55(113)41(99)25(97)15-123-77)68(48(106)34(138-82)18-124-76-57(115)53(111)42(100)26(9-87)130-76)143-81-69(54(112)43(101)27(10-88)133-81)144-73-38(85-23(4)95)50(108)61(30(13-91)135-73)139-74-39(86-24(5)96)64(46(104)32(136-74)16-125-78-58(116)65(120-6)44(102)28(11-89)131-78)142-80-60(118)67(122-8)47(105)33(137-80)17-126-79-59(117)66(121-7)45(103)29(12-90)132-79/h20,25-82,87-92,97-119H,9-19H2,1-8H3,(H,83,93)(H,84,94)(H,85,95)(H,86,96)/t20-,25+,26+,27+,28+,29+,30+,31+,32+,33+,34+,35+,36+,37+,38+,39+,40+,41-,42+,43+,44-,45-,46-,47-,48+,49+,50+,51+,52+,53-,54-,55+,56-,57-,58+,59+,60+,61+,62+,63+,64+,65-,66-,67-,68-,69-,70-,71?,72-,73-,74-,75+,76-,77-,78+,79+,80-,81+,82-/m0/s1. The summed E-state index contributed by atoms with van der Waals surface area (Å²) < 4.78 is 156. The SMILES string of the molecule is CO[C@H]1[C@@H](O)[C@@H](CO)O[C@@H](OC[C@H]2O[C@@H](O[C@H]3[C@@H](O)[C@@H](CO[C@@H]4O[C@H](CO)[C@H](O)[C@H](OC)[C@H]4O)O[C@@H](O[C@H]4[C@H](O)[C@@H](NC(C)=O)[C@H](O[C@@H]5[C@@H](O[C@H]6[C@H](O)[C@@H](CO[C@H]7O[C@H](CO)[C@@H](O)[C@H](O)[C@@H]7O)O[C@@H](O[C@H]7[C@H](O)[C@@H](NC(C)=O)[C@H](O[C@H]8[C@H](O)[C@@H](NC(C)=O)C(O)O[C@@H]8CO[C@@H]8O[C@@H](C)[C@@H](O)[C@@H](O)[C@@H]8O)O[C@@H]7CO)[C@H]6O[C@@H]6OC[C@@H](O)[C@H](O)[C@H]6O)O[C@H](CO)[C@@H](O)[C@@H]5O)O[C@@H]4CO)[C@@H]3NC(C)=O)[C@H](O)[C@@H](OC)[C@H]2O)[C@@H]1O. The van der Waals surface area contributed by atoms with Crippen LogP contribution >= 0.6 is 0 Å². The highest BCUT2D eigenvalue weighted by Crippen LogP contribution is 2.43. The summed E-state index contributed by atoms with van der Waals surface area (Å²) in [4.78, 5) is 53.5. The molecule has 0 saturated carbocycles. The van der Waals surface area contributed by atoms with Gasteiger partial charge in [0, 0.05) is 49.0 Å². The maximum Gasteiger partial charge on any atom is 0.217 e. The number of amides is 4. The zero-order valence-electron chi connectivity index (χ0n) is 79.1. The molecule has 0 bridgehead atoms. The summed E-state index contributed by atoms with van der Waals surface area (Å²) in [5, 5.41) is 340. The maximum atomic E-state index is 13.7. The number of hydrogen-bond donors (Lipinski definition) is 33. The average molecular weight is 2120 g/mol. The summed E-state index contributed by atoms with van der Waals surface area (Å²) in [6.07, 6.45) is -113. The molecular weight excluding hydrogens is 1980 g/mol. The van der Waals surface area contributed by atoms with Crippen LogP contribution in [-0.4, -0.2) is 628 Å². The van der Waals surface area contributed by atoms with Crippen LogP contribution in [0.5, 0.6) is 0 Å². The van der Waals surface area contributed by atoms with Crippen LogP contribution in [0.15, 0.2) is 0 Å². The first-order valence-electron chi connectivity index (χ1n) is 46.6. The quantitative estimate of drug-likeness (QED) is 0.0272. The Balaban J connectivity index is 0.886. The maximum absolute atomic E-state index is 13.7. The van der Waals surface area contributed by atoms with E-state index in [1.54, 1.807) is 0 Å². The number of aliphatic hydroxyl groups excluding tert-OH is 29. The van der Waals surface area contributed by atoms with Crippen LogP contribution in [0.1, 0.15) is 34.6 Å². The van der Waals surface area contributed by atoms with Crippen LogP contribution < -0.4 is 21.3 Å². The van der Waals surface area contributed by atoms with Crippen LogP contribution in [0.2, 0.25) is 0 Å². The van der Waals surface area contributed by atoms with E-state index in [0.29, 0.717) is 0 Å². The smallest absolute Gasteiger partial charge is 0.217 e. The van der Waals surface area contributed by atoms with E-state index in [4.69, 9.17) is 123 Å². The largest absolute Gasteiger partial charge is 0.394 e. The van der Waals surface area contributed by atoms with Gasteiger partial charge >= 0.3 is 0 Å². The molecule has 0 aromatic heterocycles. The minimum Gasteiger partial charge on any atom is -0.394 e. The van der Waals surface area contributed by atoms with Crippen molar-refractivity contribution in [2.24, 2.45) is 0 Å². The van der Waals surface area contributed by atoms with Crippen molar-refractivity contribution in [2.45, 2.75) is 397 Å². The molecule has 4 amide bonds. The highest BCUT2D eigenvalue weighted by atomic mass is 16.8. The zero-order chi connectivity index (χ0) is 106. The van der Waals surface area contributed by atoms with Gasteiger partial charge in [-0.25, -0.2) is 0 Å². The Morgan fingerprint density at radius 1 is 0.234 bits per heavy atom. The van der Waals surface area contributed by atoms with E-state index in [1.807, 2.05) is 0 Å². The van der Waals surface area contributed by atoms with E-state index in [9.17, 15) is 167 Å². The topological polar surface area (TPSA) is 943 Å². The Morgan fingerprint density at radius 2 is 0.524 bits per heavy atom. The Labute approximate surface area is 823 Å². The van der Waals surface area contributed by atoms with Crippen molar-refractivity contribution in [1.82, 2.24) is 21.3 Å². The minimum absolute atomic E-state index is 0.817. The Morgan fingerprint density at radius 3 is 0.979 bits per heavy atom. The fourth-order valence-corrected chi connectivity index (χ4v) is 19.0. The van der Waals surface area contributed by atoms with E-state index < -0.39 is 458 Å². The van der Waals surface area contributed by atoms with Crippen molar-refractivity contribution in [3.05, 3.63) is 0 Å². The molecule has 12 rings (SSSR count). The molecule has 0 radical (unpaired) electrons. The van der Waals surface area contributed by atoms with Crippen molar-refractivity contribution in [3.63, 3.8) is 0 Å². The molecule has 12 fully saturated rings. The molecule has 12 heterocycles. The lowest BCUT2D eigenvalue weighted by molar-refractivity contribution is -0.411. The Hall–Kier alpha value is -4.32. The molecule has 12 saturated heterocycles. The first kappa shape index (κ1) is 119. The average Bonchev–Trinajstić information content (AvgIpc) is 0.753. The number of rotatable bonds is 39. The number of carbonyl (C=O) groups excluding carboxylic acids is 4. The first-order valence-corrected chi connectivity index (χ1v) is 46.6. The van der Waals surface area contributed by atoms with Gasteiger partial charge in [-0.05, 0) is 6.92 Å². The molecule has 145 heavy (non-hydrogen) atoms. The van der Waals surface area contributed by atoms with Crippen LogP contribution in [0.3, 0.4) is 0 Å². The van der Waals surface area contributed by atoms with Crippen molar-refractivity contribution in [1.29, 1.82) is 0 Å². The van der Waals surface area contributed by atoms with Crippen LogP contribution in [0, 0.1) is 0 Å². The fraction of sp³-hybridized carbons (Fsp3) is 0.951. The van der Waals surface area contributed by atoms with Crippen molar-refractivity contribution >= 4 is 23.6 Å². The number of ether oxygens (including phenoxy) is 26. The fourth-order valence-electron chi connectivity index (χ4n) is 19.0. The second kappa shape index (κ2) is 52.7. The van der Waals surface area contributed by atoms with Gasteiger partial charge in [0.2, 0.25) is 23.6 Å². The lowest BCUT2D eigenvalue weighted by atomic mass is 9.93. The molecule has 59 atom stereocenters. The highest BCUT2D eigenvalue weighted by Gasteiger charge is 2.64. The summed E-state index contributed by atoms with van der Waals surface area (Å²) in [7, 11) is 3.25. The number of hydrogen-bond acceptors (Lipinski definition) is 59. The summed E-state index contributed by atoms with van der Waals surface area (Å²) in [6.45, 7) is -6.51. The molecule has 0 aliphatic carbocycles. The predicted octanol–water partition coefficient (Wildman–Crippen LogP) is -23.0. The van der Waals surface area contributed by atoms with E-state index in [2.05, 4.69) is 21.3 Å². The monoisotopic (exact) mass is 2120 g/mol. The third-order valence-electron chi connectivity index (χ3n) is 26.9. The molecule has 0 aromatic carbocycles. The third-order valence-corrected chi connectivity index (χ3v) is 26.9. The Kier molecular flexibility index (Phi) is 43.4. The van der Waals surface area contributed by atoms with Crippen molar-refractivity contribution in [2.75, 3.05) is 94.0 Å². The highest BCUT2D eigenvalue weighted by molar-refractivity contribution is 5.74. The van der Waals surface area contributed by atoms with Crippen molar-refractivity contribution < 1.29 is 290 Å². The lowest BCUT2D eigenvalue weighted by Gasteiger charge is -2.52. The number of aliphatic hydroxyl groups is 29. The Bertz CT molecular complexity index is 3980. The van der Waals surface area contributed by atoms with Gasteiger partial charge in [-0.1, -0.05) is 0 Å². The van der Waals surface area contributed by atoms with Gasteiger partial charge in [0.15, 0.2) is 75.5 Å². The summed E-state index contributed by atoms with van der Waals surface area (Å²) >= 11 is 0. The molecule has 840 valence electrons.